The lowest BCUT2D eigenvalue weighted by Crippen LogP contribution is -1.91. The molecular formula is C13H23ClO. The monoisotopic (exact) mass is 230 g/mol. The molecule has 1 nitrogen and oxygen atoms in total. The molecule has 0 saturated carbocycles. The van der Waals surface area contributed by atoms with Crippen LogP contribution in [-0.2, 0) is 4.79 Å². The number of halogens is 1. The van der Waals surface area contributed by atoms with Gasteiger partial charge in [-0.3, -0.25) is 4.79 Å². The van der Waals surface area contributed by atoms with Crippen molar-refractivity contribution in [3.8, 4) is 0 Å². The van der Waals surface area contributed by atoms with Gasteiger partial charge in [0, 0.05) is 5.57 Å². The molecule has 0 amide bonds. The van der Waals surface area contributed by atoms with Crippen LogP contribution in [0.4, 0.5) is 0 Å². The lowest BCUT2D eigenvalue weighted by atomic mass is 10.1. The maximum absolute atomic E-state index is 10.6. The Bertz CT molecular complexity index is 187. The Morgan fingerprint density at radius 1 is 1.00 bits per heavy atom. The van der Waals surface area contributed by atoms with Crippen molar-refractivity contribution in [2.75, 3.05) is 0 Å². The predicted molar refractivity (Wildman–Crippen MR) is 67.2 cm³/mol. The van der Waals surface area contributed by atoms with Crippen LogP contribution in [-0.4, -0.2) is 5.24 Å². The second-order valence-electron chi connectivity index (χ2n) is 4.10. The van der Waals surface area contributed by atoms with Crippen molar-refractivity contribution in [3.05, 3.63) is 12.2 Å². The van der Waals surface area contributed by atoms with Crippen molar-refractivity contribution in [2.24, 2.45) is 0 Å². The molecule has 2 heteroatoms. The summed E-state index contributed by atoms with van der Waals surface area (Å²) in [5.74, 6) is 0. The minimum Gasteiger partial charge on any atom is -0.276 e. The van der Waals surface area contributed by atoms with E-state index < -0.39 is 0 Å². The highest BCUT2D eigenvalue weighted by molar-refractivity contribution is 6.67. The van der Waals surface area contributed by atoms with Gasteiger partial charge in [-0.05, 0) is 24.4 Å². The number of hydrogen-bond acceptors (Lipinski definition) is 1. The summed E-state index contributed by atoms with van der Waals surface area (Å²) in [5, 5.41) is -0.377. The van der Waals surface area contributed by atoms with Crippen LogP contribution < -0.4 is 0 Å². The van der Waals surface area contributed by atoms with Gasteiger partial charge in [0.05, 0.1) is 0 Å². The van der Waals surface area contributed by atoms with E-state index in [0.717, 1.165) is 12.8 Å². The average molecular weight is 231 g/mol. The molecule has 0 unspecified atom stereocenters. The summed E-state index contributed by atoms with van der Waals surface area (Å²) in [7, 11) is 0. The number of carbonyl (C=O) groups excluding carboxylic acids is 1. The van der Waals surface area contributed by atoms with Crippen LogP contribution in [0.3, 0.4) is 0 Å². The van der Waals surface area contributed by atoms with Gasteiger partial charge in [0.15, 0.2) is 0 Å². The molecular weight excluding hydrogens is 208 g/mol. The van der Waals surface area contributed by atoms with Crippen LogP contribution >= 0.6 is 11.6 Å². The highest BCUT2D eigenvalue weighted by Gasteiger charge is 2.01. The maximum Gasteiger partial charge on any atom is 0.247 e. The summed E-state index contributed by atoms with van der Waals surface area (Å²) in [4.78, 5) is 10.6. The molecule has 0 spiro atoms. The Balaban J connectivity index is 3.11. The van der Waals surface area contributed by atoms with Gasteiger partial charge in [-0.25, -0.2) is 0 Å². The fourth-order valence-corrected chi connectivity index (χ4v) is 1.67. The van der Waals surface area contributed by atoms with Crippen LogP contribution in [0.1, 0.15) is 64.7 Å². The molecule has 0 aliphatic carbocycles. The molecule has 0 heterocycles. The smallest absolute Gasteiger partial charge is 0.247 e. The Kier molecular flexibility index (Phi) is 10.0. The first-order chi connectivity index (χ1) is 7.18. The summed E-state index contributed by atoms with van der Waals surface area (Å²) >= 11 is 5.29. The number of allylic oxidation sites excluding steroid dienone is 1. The molecule has 0 bridgehead atoms. The summed E-state index contributed by atoms with van der Waals surface area (Å²) < 4.78 is 0. The van der Waals surface area contributed by atoms with Crippen molar-refractivity contribution in [2.45, 2.75) is 64.7 Å². The van der Waals surface area contributed by atoms with Crippen LogP contribution in [0.15, 0.2) is 12.2 Å². The van der Waals surface area contributed by atoms with Gasteiger partial charge in [-0.1, -0.05) is 58.4 Å². The first kappa shape index (κ1) is 14.7. The number of rotatable bonds is 10. The third kappa shape index (κ3) is 9.99. The second kappa shape index (κ2) is 10.2. The highest BCUT2D eigenvalue weighted by atomic mass is 35.5. The highest BCUT2D eigenvalue weighted by Crippen LogP contribution is 2.13. The molecule has 15 heavy (non-hydrogen) atoms. The topological polar surface area (TPSA) is 17.1 Å². The quantitative estimate of drug-likeness (QED) is 0.298. The van der Waals surface area contributed by atoms with E-state index in [2.05, 4.69) is 13.5 Å². The lowest BCUT2D eigenvalue weighted by molar-refractivity contribution is -0.108. The summed E-state index contributed by atoms with van der Waals surface area (Å²) in [6, 6.07) is 0. The third-order valence-corrected chi connectivity index (χ3v) is 2.88. The molecule has 0 aromatic carbocycles. The molecule has 0 aromatic heterocycles. The molecule has 0 fully saturated rings. The zero-order valence-electron chi connectivity index (χ0n) is 9.86. The van der Waals surface area contributed by atoms with Crippen molar-refractivity contribution in [3.63, 3.8) is 0 Å². The van der Waals surface area contributed by atoms with Crippen molar-refractivity contribution in [1.29, 1.82) is 0 Å². The first-order valence-electron chi connectivity index (χ1n) is 6.06. The summed E-state index contributed by atoms with van der Waals surface area (Å²) in [5.41, 5.74) is 0.558. The van der Waals surface area contributed by atoms with Gasteiger partial charge < -0.3 is 0 Å². The first-order valence-corrected chi connectivity index (χ1v) is 6.44. The lowest BCUT2D eigenvalue weighted by Gasteiger charge is -2.01. The Hall–Kier alpha value is -0.300. The van der Waals surface area contributed by atoms with E-state index in [4.69, 9.17) is 11.6 Å². The molecule has 0 N–H and O–H groups in total. The Morgan fingerprint density at radius 2 is 1.47 bits per heavy atom. The Morgan fingerprint density at radius 3 is 1.93 bits per heavy atom. The van der Waals surface area contributed by atoms with Crippen LogP contribution in [0.25, 0.3) is 0 Å². The van der Waals surface area contributed by atoms with Gasteiger partial charge in [0.25, 0.3) is 0 Å². The molecule has 88 valence electrons. The van der Waals surface area contributed by atoms with Gasteiger partial charge in [0.1, 0.15) is 0 Å². The molecule has 0 aromatic rings. The molecule has 0 rings (SSSR count). The zero-order chi connectivity index (χ0) is 11.5. The van der Waals surface area contributed by atoms with E-state index in [-0.39, 0.29) is 5.24 Å². The van der Waals surface area contributed by atoms with Gasteiger partial charge in [0.2, 0.25) is 5.24 Å². The van der Waals surface area contributed by atoms with Crippen LogP contribution in [0.5, 0.6) is 0 Å². The predicted octanol–water partition coefficient (Wildman–Crippen LogP) is 4.84. The minimum absolute atomic E-state index is 0.377. The summed E-state index contributed by atoms with van der Waals surface area (Å²) in [6.45, 7) is 5.86. The minimum atomic E-state index is -0.377. The fourth-order valence-electron chi connectivity index (χ4n) is 1.57. The number of unbranched alkanes of at least 4 members (excludes halogenated alkanes) is 7. The van der Waals surface area contributed by atoms with Crippen molar-refractivity contribution in [1.82, 2.24) is 0 Å². The van der Waals surface area contributed by atoms with Crippen molar-refractivity contribution >= 4 is 16.8 Å². The average Bonchev–Trinajstić information content (AvgIpc) is 2.21. The SMILES string of the molecule is C=C(CCCCCCCCCC)C(=O)Cl. The van der Waals surface area contributed by atoms with Crippen molar-refractivity contribution < 1.29 is 4.79 Å². The molecule has 0 atom stereocenters. The molecule has 0 aliphatic heterocycles. The largest absolute Gasteiger partial charge is 0.276 e. The molecule has 0 saturated heterocycles. The van der Waals surface area contributed by atoms with E-state index >= 15 is 0 Å². The van der Waals surface area contributed by atoms with Crippen LogP contribution in [0, 0.1) is 0 Å². The van der Waals surface area contributed by atoms with Gasteiger partial charge >= 0.3 is 0 Å². The number of carbonyl (C=O) groups is 1. The summed E-state index contributed by atoms with van der Waals surface area (Å²) in [6.07, 6.45) is 11.0. The van der Waals surface area contributed by atoms with Gasteiger partial charge in [-0.2, -0.15) is 0 Å². The molecule has 0 radical (unpaired) electrons. The van der Waals surface area contributed by atoms with Gasteiger partial charge in [-0.15, -0.1) is 0 Å². The van der Waals surface area contributed by atoms with E-state index in [1.165, 1.54) is 44.9 Å². The van der Waals surface area contributed by atoms with E-state index in [0.29, 0.717) is 5.57 Å². The van der Waals surface area contributed by atoms with E-state index in [1.54, 1.807) is 0 Å². The second-order valence-corrected chi connectivity index (χ2v) is 4.45. The number of hydrogen-bond donors (Lipinski definition) is 0. The third-order valence-electron chi connectivity index (χ3n) is 2.61. The van der Waals surface area contributed by atoms with E-state index in [9.17, 15) is 4.79 Å². The standard InChI is InChI=1S/C13H23ClO/c1-3-4-5-6-7-8-9-10-11-12(2)13(14)15/h2-11H2,1H3. The maximum atomic E-state index is 10.6. The normalized spacial score (nSPS) is 10.3. The Labute approximate surface area is 98.9 Å². The fraction of sp³-hybridized carbons (Fsp3) is 0.769. The van der Waals surface area contributed by atoms with E-state index in [1.807, 2.05) is 0 Å². The molecule has 0 aliphatic rings. The zero-order valence-corrected chi connectivity index (χ0v) is 10.6. The van der Waals surface area contributed by atoms with Crippen LogP contribution in [0.2, 0.25) is 0 Å².